The molecule has 3 rings (SSSR count). The number of hydrogen-bond acceptors (Lipinski definition) is 3. The third-order valence-corrected chi connectivity index (χ3v) is 3.54. The summed E-state index contributed by atoms with van der Waals surface area (Å²) in [5, 5.41) is 11.7. The lowest BCUT2D eigenvalue weighted by atomic mass is 9.96. The SMILES string of the molecule is c1ccc(Cn2nncc2C2CCCNC2)cc1. The molecule has 1 saturated heterocycles. The van der Waals surface area contributed by atoms with Gasteiger partial charge in [-0.3, -0.25) is 0 Å². The normalized spacial score (nSPS) is 19.9. The molecule has 1 unspecified atom stereocenters. The van der Waals surface area contributed by atoms with Gasteiger partial charge < -0.3 is 5.32 Å². The molecule has 1 aliphatic heterocycles. The van der Waals surface area contributed by atoms with Gasteiger partial charge in [0.25, 0.3) is 0 Å². The molecule has 0 bridgehead atoms. The minimum atomic E-state index is 0.553. The minimum Gasteiger partial charge on any atom is -0.316 e. The van der Waals surface area contributed by atoms with Gasteiger partial charge in [-0.25, -0.2) is 4.68 Å². The van der Waals surface area contributed by atoms with Crippen LogP contribution in [-0.4, -0.2) is 28.1 Å². The van der Waals surface area contributed by atoms with E-state index in [1.807, 2.05) is 16.9 Å². The fourth-order valence-corrected chi connectivity index (χ4v) is 2.57. The second kappa shape index (κ2) is 5.31. The van der Waals surface area contributed by atoms with Crippen molar-refractivity contribution >= 4 is 0 Å². The fourth-order valence-electron chi connectivity index (χ4n) is 2.57. The standard InChI is InChI=1S/C14H18N4/c1-2-5-12(6-3-1)11-18-14(10-16-17-18)13-7-4-8-15-9-13/h1-3,5-6,10,13,15H,4,7-9,11H2. The summed E-state index contributed by atoms with van der Waals surface area (Å²) in [6, 6.07) is 10.4. The van der Waals surface area contributed by atoms with Crippen LogP contribution in [0.2, 0.25) is 0 Å². The number of benzene rings is 1. The molecule has 1 fully saturated rings. The van der Waals surface area contributed by atoms with E-state index in [0.717, 1.165) is 19.6 Å². The van der Waals surface area contributed by atoms with E-state index in [4.69, 9.17) is 0 Å². The zero-order valence-corrected chi connectivity index (χ0v) is 10.4. The molecule has 0 spiro atoms. The van der Waals surface area contributed by atoms with Crippen molar-refractivity contribution in [3.8, 4) is 0 Å². The first-order valence-corrected chi connectivity index (χ1v) is 6.56. The van der Waals surface area contributed by atoms with E-state index in [9.17, 15) is 0 Å². The molecule has 94 valence electrons. The second-order valence-corrected chi connectivity index (χ2v) is 4.85. The van der Waals surface area contributed by atoms with Gasteiger partial charge in [0.1, 0.15) is 0 Å². The molecule has 0 aliphatic carbocycles. The molecule has 1 N–H and O–H groups in total. The monoisotopic (exact) mass is 242 g/mol. The Morgan fingerprint density at radius 1 is 1.28 bits per heavy atom. The number of piperidine rings is 1. The number of nitrogens with zero attached hydrogens (tertiary/aromatic N) is 3. The van der Waals surface area contributed by atoms with Crippen LogP contribution < -0.4 is 5.32 Å². The summed E-state index contributed by atoms with van der Waals surface area (Å²) in [6.07, 6.45) is 4.39. The van der Waals surface area contributed by atoms with Crippen LogP contribution in [0.15, 0.2) is 36.5 Å². The van der Waals surface area contributed by atoms with Crippen molar-refractivity contribution in [3.05, 3.63) is 47.8 Å². The van der Waals surface area contributed by atoms with Crippen LogP contribution >= 0.6 is 0 Å². The molecule has 2 aromatic rings. The zero-order valence-electron chi connectivity index (χ0n) is 10.4. The van der Waals surface area contributed by atoms with E-state index in [-0.39, 0.29) is 0 Å². The molecule has 4 nitrogen and oxygen atoms in total. The van der Waals surface area contributed by atoms with E-state index in [1.54, 1.807) is 0 Å². The summed E-state index contributed by atoms with van der Waals surface area (Å²) >= 11 is 0. The maximum atomic E-state index is 4.23. The molecule has 18 heavy (non-hydrogen) atoms. The Morgan fingerprint density at radius 2 is 2.17 bits per heavy atom. The minimum absolute atomic E-state index is 0.553. The van der Waals surface area contributed by atoms with Gasteiger partial charge >= 0.3 is 0 Å². The largest absolute Gasteiger partial charge is 0.316 e. The maximum Gasteiger partial charge on any atom is 0.0728 e. The molecular formula is C14H18N4. The summed E-state index contributed by atoms with van der Waals surface area (Å²) in [4.78, 5) is 0. The lowest BCUT2D eigenvalue weighted by Crippen LogP contribution is -2.29. The van der Waals surface area contributed by atoms with Gasteiger partial charge in [-0.05, 0) is 24.9 Å². The quantitative estimate of drug-likeness (QED) is 0.892. The molecule has 1 atom stereocenters. The topological polar surface area (TPSA) is 42.7 Å². The van der Waals surface area contributed by atoms with Crippen LogP contribution in [0.1, 0.15) is 30.0 Å². The van der Waals surface area contributed by atoms with Gasteiger partial charge in [0.2, 0.25) is 0 Å². The summed E-state index contributed by atoms with van der Waals surface area (Å²) in [5.41, 5.74) is 2.53. The highest BCUT2D eigenvalue weighted by Crippen LogP contribution is 2.22. The van der Waals surface area contributed by atoms with Crippen molar-refractivity contribution in [2.24, 2.45) is 0 Å². The van der Waals surface area contributed by atoms with Gasteiger partial charge in [0.15, 0.2) is 0 Å². The molecule has 1 aromatic heterocycles. The van der Waals surface area contributed by atoms with E-state index in [0.29, 0.717) is 5.92 Å². The molecule has 2 heterocycles. The third kappa shape index (κ3) is 2.43. The lowest BCUT2D eigenvalue weighted by Gasteiger charge is -2.22. The van der Waals surface area contributed by atoms with Crippen molar-refractivity contribution in [3.63, 3.8) is 0 Å². The molecular weight excluding hydrogens is 224 g/mol. The van der Waals surface area contributed by atoms with E-state index < -0.39 is 0 Å². The second-order valence-electron chi connectivity index (χ2n) is 4.85. The van der Waals surface area contributed by atoms with Crippen molar-refractivity contribution < 1.29 is 0 Å². The number of rotatable bonds is 3. The van der Waals surface area contributed by atoms with Crippen LogP contribution in [0.5, 0.6) is 0 Å². The van der Waals surface area contributed by atoms with Gasteiger partial charge in [0, 0.05) is 12.5 Å². The summed E-state index contributed by atoms with van der Waals surface area (Å²) < 4.78 is 2.03. The Labute approximate surface area is 107 Å². The smallest absolute Gasteiger partial charge is 0.0728 e. The summed E-state index contributed by atoms with van der Waals surface area (Å²) in [6.45, 7) is 2.99. The molecule has 0 amide bonds. The van der Waals surface area contributed by atoms with E-state index in [2.05, 4.69) is 39.9 Å². The Balaban J connectivity index is 1.78. The van der Waals surface area contributed by atoms with Gasteiger partial charge in [-0.15, -0.1) is 5.10 Å². The number of nitrogens with one attached hydrogen (secondary N) is 1. The van der Waals surface area contributed by atoms with E-state index >= 15 is 0 Å². The summed E-state index contributed by atoms with van der Waals surface area (Å²) in [5.74, 6) is 0.553. The van der Waals surface area contributed by atoms with E-state index in [1.165, 1.54) is 24.1 Å². The molecule has 0 saturated carbocycles. The first-order valence-electron chi connectivity index (χ1n) is 6.56. The molecule has 4 heteroatoms. The van der Waals surface area contributed by atoms with Crippen molar-refractivity contribution in [2.75, 3.05) is 13.1 Å². The van der Waals surface area contributed by atoms with Gasteiger partial charge in [-0.1, -0.05) is 35.5 Å². The zero-order chi connectivity index (χ0) is 12.2. The summed E-state index contributed by atoms with van der Waals surface area (Å²) in [7, 11) is 0. The Bertz CT molecular complexity index is 486. The highest BCUT2D eigenvalue weighted by atomic mass is 15.4. The van der Waals surface area contributed by atoms with Crippen LogP contribution in [0.3, 0.4) is 0 Å². The third-order valence-electron chi connectivity index (χ3n) is 3.54. The Hall–Kier alpha value is -1.68. The van der Waals surface area contributed by atoms with Gasteiger partial charge in [0.05, 0.1) is 18.4 Å². The molecule has 0 radical (unpaired) electrons. The number of hydrogen-bond donors (Lipinski definition) is 1. The van der Waals surface area contributed by atoms with Crippen LogP contribution in [0.4, 0.5) is 0 Å². The van der Waals surface area contributed by atoms with Crippen molar-refractivity contribution in [1.82, 2.24) is 20.3 Å². The predicted molar refractivity (Wildman–Crippen MR) is 70.4 cm³/mol. The average molecular weight is 242 g/mol. The Morgan fingerprint density at radius 3 is 2.94 bits per heavy atom. The molecule has 1 aromatic carbocycles. The first-order chi connectivity index (χ1) is 8.93. The lowest BCUT2D eigenvalue weighted by molar-refractivity contribution is 0.436. The highest BCUT2D eigenvalue weighted by Gasteiger charge is 2.19. The first kappa shape index (κ1) is 11.4. The maximum absolute atomic E-state index is 4.23. The van der Waals surface area contributed by atoms with Crippen molar-refractivity contribution in [2.45, 2.75) is 25.3 Å². The van der Waals surface area contributed by atoms with Crippen LogP contribution in [-0.2, 0) is 6.54 Å². The van der Waals surface area contributed by atoms with Gasteiger partial charge in [-0.2, -0.15) is 0 Å². The Kier molecular flexibility index (Phi) is 3.37. The number of aromatic nitrogens is 3. The predicted octanol–water partition coefficient (Wildman–Crippen LogP) is 1.79. The average Bonchev–Trinajstić information content (AvgIpc) is 2.89. The highest BCUT2D eigenvalue weighted by molar-refractivity contribution is 5.16. The van der Waals surface area contributed by atoms with Crippen molar-refractivity contribution in [1.29, 1.82) is 0 Å². The molecule has 1 aliphatic rings. The fraction of sp³-hybridized carbons (Fsp3) is 0.429. The van der Waals surface area contributed by atoms with Crippen LogP contribution in [0, 0.1) is 0 Å². The van der Waals surface area contributed by atoms with Crippen LogP contribution in [0.25, 0.3) is 0 Å².